The van der Waals surface area contributed by atoms with Crippen LogP contribution >= 0.6 is 11.6 Å². The van der Waals surface area contributed by atoms with Gasteiger partial charge in [0.25, 0.3) is 0 Å². The minimum Gasteiger partial charge on any atom is -0.352 e. The van der Waals surface area contributed by atoms with Gasteiger partial charge in [-0.15, -0.1) is 0 Å². The average Bonchev–Trinajstić information content (AvgIpc) is 3.31. The van der Waals surface area contributed by atoms with Gasteiger partial charge in [-0.25, -0.2) is 8.42 Å². The van der Waals surface area contributed by atoms with Crippen molar-refractivity contribution in [3.05, 3.63) is 64.7 Å². The summed E-state index contributed by atoms with van der Waals surface area (Å²) in [4.78, 5) is 27.9. The number of rotatable bonds is 9. The van der Waals surface area contributed by atoms with Gasteiger partial charge in [0.1, 0.15) is 6.04 Å². The van der Waals surface area contributed by atoms with Gasteiger partial charge in [-0.2, -0.15) is 4.31 Å². The molecule has 1 fully saturated rings. The highest BCUT2D eigenvalue weighted by Gasteiger charge is 2.31. The number of halogens is 1. The molecule has 9 heteroatoms. The van der Waals surface area contributed by atoms with Crippen molar-refractivity contribution in [2.45, 2.75) is 63.1 Å². The third-order valence-electron chi connectivity index (χ3n) is 6.35. The fraction of sp³-hybridized carbons (Fsp3) is 0.440. The Morgan fingerprint density at radius 1 is 1.09 bits per heavy atom. The second-order valence-corrected chi connectivity index (χ2v) is 11.3. The summed E-state index contributed by atoms with van der Waals surface area (Å²) >= 11 is 5.88. The predicted molar refractivity (Wildman–Crippen MR) is 133 cm³/mol. The van der Waals surface area contributed by atoms with Crippen LogP contribution < -0.4 is 5.32 Å². The van der Waals surface area contributed by atoms with E-state index in [0.717, 1.165) is 41.1 Å². The second-order valence-electron chi connectivity index (χ2n) is 8.83. The summed E-state index contributed by atoms with van der Waals surface area (Å²) in [6.07, 6.45) is 4.04. The minimum atomic E-state index is -3.90. The van der Waals surface area contributed by atoms with Crippen molar-refractivity contribution in [3.8, 4) is 0 Å². The van der Waals surface area contributed by atoms with Crippen LogP contribution in [0.4, 0.5) is 0 Å². The molecule has 0 spiro atoms. The molecule has 1 aliphatic rings. The van der Waals surface area contributed by atoms with Crippen molar-refractivity contribution < 1.29 is 18.0 Å². The summed E-state index contributed by atoms with van der Waals surface area (Å²) in [6.45, 7) is 3.45. The molecule has 0 unspecified atom stereocenters. The lowest BCUT2D eigenvalue weighted by Gasteiger charge is -2.31. The Balaban J connectivity index is 1.80. The first-order chi connectivity index (χ1) is 16.1. The van der Waals surface area contributed by atoms with Crippen LogP contribution in [0, 0.1) is 6.92 Å². The molecule has 7 nitrogen and oxygen atoms in total. The first kappa shape index (κ1) is 26.2. The minimum absolute atomic E-state index is 0.0460. The second kappa shape index (κ2) is 11.3. The smallest absolute Gasteiger partial charge is 0.243 e. The number of benzene rings is 2. The summed E-state index contributed by atoms with van der Waals surface area (Å²) in [7, 11) is -2.55. The largest absolute Gasteiger partial charge is 0.352 e. The summed E-state index contributed by atoms with van der Waals surface area (Å²) in [5.41, 5.74) is 1.89. The predicted octanol–water partition coefficient (Wildman–Crippen LogP) is 3.75. The molecule has 0 heterocycles. The van der Waals surface area contributed by atoms with E-state index in [2.05, 4.69) is 5.32 Å². The first-order valence-corrected chi connectivity index (χ1v) is 13.3. The molecule has 34 heavy (non-hydrogen) atoms. The van der Waals surface area contributed by atoms with Crippen molar-refractivity contribution in [1.82, 2.24) is 14.5 Å². The van der Waals surface area contributed by atoms with E-state index in [4.69, 9.17) is 11.6 Å². The van der Waals surface area contributed by atoms with E-state index in [9.17, 15) is 18.0 Å². The Morgan fingerprint density at radius 3 is 2.32 bits per heavy atom. The monoisotopic (exact) mass is 505 g/mol. The van der Waals surface area contributed by atoms with E-state index in [1.165, 1.54) is 36.2 Å². The standard InChI is InChI=1S/C25H32ClN3O4S/c1-18-8-4-5-9-20(18)16-29(19(2)25(31)27-22-10-6-7-11-22)24(30)17-28(3)34(32,33)23-14-12-21(26)13-15-23/h4-5,8-9,12-15,19,22H,6-7,10-11,16-17H2,1-3H3,(H,27,31)/t19-/m1/s1. The zero-order valence-electron chi connectivity index (χ0n) is 19.8. The molecule has 0 radical (unpaired) electrons. The Labute approximate surface area is 207 Å². The van der Waals surface area contributed by atoms with E-state index in [1.807, 2.05) is 31.2 Å². The molecule has 0 bridgehead atoms. The van der Waals surface area contributed by atoms with E-state index in [1.54, 1.807) is 6.92 Å². The molecule has 1 N–H and O–H groups in total. The molecule has 184 valence electrons. The Morgan fingerprint density at radius 2 is 1.71 bits per heavy atom. The maximum absolute atomic E-state index is 13.4. The molecule has 1 aliphatic carbocycles. The van der Waals surface area contributed by atoms with E-state index >= 15 is 0 Å². The van der Waals surface area contributed by atoms with Gasteiger partial charge in [-0.3, -0.25) is 9.59 Å². The van der Waals surface area contributed by atoms with Crippen LogP contribution in [0.3, 0.4) is 0 Å². The van der Waals surface area contributed by atoms with Gasteiger partial charge >= 0.3 is 0 Å². The highest BCUT2D eigenvalue weighted by Crippen LogP contribution is 2.20. The van der Waals surface area contributed by atoms with Crippen LogP contribution in [-0.4, -0.2) is 55.1 Å². The number of nitrogens with zero attached hydrogens (tertiary/aromatic N) is 2. The van der Waals surface area contributed by atoms with Gasteiger partial charge in [0.2, 0.25) is 21.8 Å². The van der Waals surface area contributed by atoms with Crippen LogP contribution in [0.2, 0.25) is 5.02 Å². The van der Waals surface area contributed by atoms with Crippen molar-refractivity contribution in [1.29, 1.82) is 0 Å². The summed E-state index contributed by atoms with van der Waals surface area (Å²) < 4.78 is 27.0. The number of hydrogen-bond donors (Lipinski definition) is 1. The molecular formula is C25H32ClN3O4S. The third kappa shape index (κ3) is 6.37. The molecule has 3 rings (SSSR count). The number of amides is 2. The third-order valence-corrected chi connectivity index (χ3v) is 8.42. The Bertz CT molecular complexity index is 1120. The fourth-order valence-electron chi connectivity index (χ4n) is 4.10. The van der Waals surface area contributed by atoms with Crippen molar-refractivity contribution in [2.75, 3.05) is 13.6 Å². The molecule has 1 saturated carbocycles. The SMILES string of the molecule is Cc1ccccc1CN(C(=O)CN(C)S(=O)(=O)c1ccc(Cl)cc1)[C@H](C)C(=O)NC1CCCC1. The van der Waals surface area contributed by atoms with Gasteiger partial charge < -0.3 is 10.2 Å². The topological polar surface area (TPSA) is 86.8 Å². The lowest BCUT2D eigenvalue weighted by atomic mass is 10.1. The number of sulfonamides is 1. The summed E-state index contributed by atoms with van der Waals surface area (Å²) in [5, 5.41) is 3.47. The molecular weight excluding hydrogens is 474 g/mol. The summed E-state index contributed by atoms with van der Waals surface area (Å²) in [6, 6.07) is 12.8. The molecule has 0 aliphatic heterocycles. The Kier molecular flexibility index (Phi) is 8.73. The van der Waals surface area contributed by atoms with E-state index < -0.39 is 28.5 Å². The lowest BCUT2D eigenvalue weighted by molar-refractivity contribution is -0.140. The highest BCUT2D eigenvalue weighted by molar-refractivity contribution is 7.89. The lowest BCUT2D eigenvalue weighted by Crippen LogP contribution is -2.52. The number of hydrogen-bond acceptors (Lipinski definition) is 4. The van der Waals surface area contributed by atoms with Gasteiger partial charge in [-0.1, -0.05) is 48.7 Å². The normalized spacial score (nSPS) is 15.3. The highest BCUT2D eigenvalue weighted by atomic mass is 35.5. The van der Waals surface area contributed by atoms with E-state index in [0.29, 0.717) is 5.02 Å². The Hall–Kier alpha value is -2.42. The molecule has 1 atom stereocenters. The van der Waals surface area contributed by atoms with Crippen molar-refractivity contribution in [3.63, 3.8) is 0 Å². The van der Waals surface area contributed by atoms with Crippen LogP contribution in [-0.2, 0) is 26.2 Å². The first-order valence-electron chi connectivity index (χ1n) is 11.5. The van der Waals surface area contributed by atoms with Crippen LogP contribution in [0.25, 0.3) is 0 Å². The van der Waals surface area contributed by atoms with Gasteiger partial charge in [0.15, 0.2) is 0 Å². The quantitative estimate of drug-likeness (QED) is 0.562. The number of carbonyl (C=O) groups is 2. The maximum Gasteiger partial charge on any atom is 0.243 e. The van der Waals surface area contributed by atoms with Gasteiger partial charge in [0.05, 0.1) is 11.4 Å². The molecule has 0 aromatic heterocycles. The van der Waals surface area contributed by atoms with Crippen LogP contribution in [0.1, 0.15) is 43.7 Å². The maximum atomic E-state index is 13.4. The number of carbonyl (C=O) groups excluding carboxylic acids is 2. The zero-order valence-corrected chi connectivity index (χ0v) is 21.4. The molecule has 2 amide bonds. The van der Waals surface area contributed by atoms with Crippen molar-refractivity contribution >= 4 is 33.4 Å². The molecule has 0 saturated heterocycles. The molecule has 2 aromatic carbocycles. The van der Waals surface area contributed by atoms with Gasteiger partial charge in [-0.05, 0) is 62.1 Å². The number of aryl methyl sites for hydroxylation is 1. The average molecular weight is 506 g/mol. The van der Waals surface area contributed by atoms with Crippen LogP contribution in [0.15, 0.2) is 53.4 Å². The van der Waals surface area contributed by atoms with Gasteiger partial charge in [0, 0.05) is 24.7 Å². The number of likely N-dealkylation sites (N-methyl/N-ethyl adjacent to an activating group) is 1. The molecule has 2 aromatic rings. The number of nitrogens with one attached hydrogen (secondary N) is 1. The van der Waals surface area contributed by atoms with E-state index in [-0.39, 0.29) is 23.4 Å². The fourth-order valence-corrected chi connectivity index (χ4v) is 5.34. The zero-order chi connectivity index (χ0) is 24.9. The van der Waals surface area contributed by atoms with Crippen molar-refractivity contribution in [2.24, 2.45) is 0 Å². The summed E-state index contributed by atoms with van der Waals surface area (Å²) in [5.74, 6) is -0.672. The van der Waals surface area contributed by atoms with Crippen LogP contribution in [0.5, 0.6) is 0 Å².